The number of alkyl carbamates (subject to hydrolysis) is 1. The first-order valence-electron chi connectivity index (χ1n) is 14.9. The maximum absolute atomic E-state index is 13.7. The molecule has 2 aromatic rings. The molecule has 3 amide bonds. The molecule has 0 bridgehead atoms. The molecule has 0 aliphatic rings. The largest absolute Gasteiger partial charge is 0.508 e. The Kier molecular flexibility index (Phi) is 14.0. The van der Waals surface area contributed by atoms with Gasteiger partial charge in [-0.3, -0.25) is 14.4 Å². The van der Waals surface area contributed by atoms with Gasteiger partial charge in [0.15, 0.2) is 0 Å². The summed E-state index contributed by atoms with van der Waals surface area (Å²) in [5.74, 6) is -1.66. The number of carbonyl (C=O) groups excluding carboxylic acids is 3. The summed E-state index contributed by atoms with van der Waals surface area (Å²) in [6.07, 6.45) is 2.81. The summed E-state index contributed by atoms with van der Waals surface area (Å²) < 4.78 is 5.40. The number of carboxylic acids is 1. The topological polar surface area (TPSA) is 154 Å². The predicted octanol–water partition coefficient (Wildman–Crippen LogP) is 4.71. The van der Waals surface area contributed by atoms with Gasteiger partial charge in [0.25, 0.3) is 0 Å². The first-order valence-corrected chi connectivity index (χ1v) is 14.9. The van der Waals surface area contributed by atoms with E-state index in [0.29, 0.717) is 32.2 Å². The number of nitrogens with one attached hydrogen (secondary N) is 3. The Balaban J connectivity index is 2.17. The van der Waals surface area contributed by atoms with Gasteiger partial charge >= 0.3 is 12.1 Å². The molecule has 0 spiro atoms. The number of aliphatic carboxylic acids is 1. The van der Waals surface area contributed by atoms with Crippen LogP contribution in [-0.2, 0) is 32.0 Å². The number of hydrogen-bond donors (Lipinski definition) is 5. The van der Waals surface area contributed by atoms with Crippen LogP contribution in [0, 0.1) is 13.8 Å². The molecule has 10 heteroatoms. The highest BCUT2D eigenvalue weighted by molar-refractivity contribution is 5.91. The molecule has 0 aliphatic heterocycles. The van der Waals surface area contributed by atoms with Crippen molar-refractivity contribution in [2.24, 2.45) is 0 Å². The Bertz CT molecular complexity index is 1200. The minimum absolute atomic E-state index is 0.0376. The van der Waals surface area contributed by atoms with E-state index in [1.807, 2.05) is 44.2 Å². The quantitative estimate of drug-likeness (QED) is 0.176. The molecule has 2 unspecified atom stereocenters. The highest BCUT2D eigenvalue weighted by Crippen LogP contribution is 2.22. The molecule has 5 N–H and O–H groups in total. The summed E-state index contributed by atoms with van der Waals surface area (Å²) in [5, 5.41) is 27.3. The van der Waals surface area contributed by atoms with Crippen LogP contribution in [-0.4, -0.2) is 58.3 Å². The molecular formula is C33H47N3O7. The van der Waals surface area contributed by atoms with Crippen molar-refractivity contribution < 1.29 is 34.1 Å². The molecule has 0 aliphatic carbocycles. The predicted molar refractivity (Wildman–Crippen MR) is 165 cm³/mol. The Morgan fingerprint density at radius 1 is 0.860 bits per heavy atom. The number of hydrogen-bond acceptors (Lipinski definition) is 6. The Morgan fingerprint density at radius 3 is 2.12 bits per heavy atom. The van der Waals surface area contributed by atoms with Crippen LogP contribution in [0.4, 0.5) is 4.79 Å². The van der Waals surface area contributed by atoms with Gasteiger partial charge in [-0.2, -0.15) is 0 Å². The zero-order chi connectivity index (χ0) is 32.0. The number of unbranched alkanes of at least 4 members (excludes halogenated alkanes) is 2. The van der Waals surface area contributed by atoms with Crippen LogP contribution in [0.1, 0.15) is 81.5 Å². The van der Waals surface area contributed by atoms with Crippen molar-refractivity contribution >= 4 is 23.9 Å². The van der Waals surface area contributed by atoms with Crippen LogP contribution >= 0.6 is 0 Å². The van der Waals surface area contributed by atoms with Crippen molar-refractivity contribution in [1.29, 1.82) is 0 Å². The number of aryl methyl sites for hydroxylation is 3. The lowest BCUT2D eigenvalue weighted by molar-refractivity contribution is -0.137. The van der Waals surface area contributed by atoms with Gasteiger partial charge in [0.05, 0.1) is 0 Å². The zero-order valence-electron chi connectivity index (χ0n) is 26.0. The number of amides is 3. The third-order valence-corrected chi connectivity index (χ3v) is 6.90. The highest BCUT2D eigenvalue weighted by Gasteiger charge is 2.29. The van der Waals surface area contributed by atoms with Crippen molar-refractivity contribution in [1.82, 2.24) is 16.0 Å². The van der Waals surface area contributed by atoms with E-state index < -0.39 is 35.7 Å². The van der Waals surface area contributed by atoms with Crippen molar-refractivity contribution in [2.75, 3.05) is 6.54 Å². The van der Waals surface area contributed by atoms with Crippen LogP contribution in [0.25, 0.3) is 0 Å². The fraction of sp³-hybridized carbons (Fsp3) is 0.515. The van der Waals surface area contributed by atoms with E-state index in [4.69, 9.17) is 9.84 Å². The second-order valence-electron chi connectivity index (χ2n) is 11.9. The van der Waals surface area contributed by atoms with Crippen LogP contribution in [0.3, 0.4) is 0 Å². The van der Waals surface area contributed by atoms with Crippen LogP contribution in [0.2, 0.25) is 0 Å². The number of carboxylic acid groups (broad SMARTS) is 1. The normalized spacial score (nSPS) is 12.6. The molecule has 2 aromatic carbocycles. The number of benzene rings is 2. The molecule has 10 nitrogen and oxygen atoms in total. The molecular weight excluding hydrogens is 550 g/mol. The summed E-state index contributed by atoms with van der Waals surface area (Å²) in [7, 11) is 0. The van der Waals surface area contributed by atoms with E-state index in [-0.39, 0.29) is 24.5 Å². The second kappa shape index (κ2) is 17.1. The van der Waals surface area contributed by atoms with Gasteiger partial charge in [-0.15, -0.1) is 0 Å². The smallest absolute Gasteiger partial charge is 0.408 e. The molecule has 236 valence electrons. The third kappa shape index (κ3) is 13.6. The number of aromatic hydroxyl groups is 1. The fourth-order valence-electron chi connectivity index (χ4n) is 4.77. The van der Waals surface area contributed by atoms with Gasteiger partial charge in [0, 0.05) is 19.4 Å². The van der Waals surface area contributed by atoms with Crippen LogP contribution < -0.4 is 16.0 Å². The van der Waals surface area contributed by atoms with Gasteiger partial charge in [-0.05, 0) is 94.7 Å². The highest BCUT2D eigenvalue weighted by atomic mass is 16.6. The summed E-state index contributed by atoms with van der Waals surface area (Å²) in [4.78, 5) is 50.5. The first-order chi connectivity index (χ1) is 20.2. The number of ether oxygens (including phenoxy) is 1. The van der Waals surface area contributed by atoms with Gasteiger partial charge < -0.3 is 30.9 Å². The molecule has 0 radical (unpaired) electrons. The lowest BCUT2D eigenvalue weighted by Crippen LogP contribution is -2.55. The van der Waals surface area contributed by atoms with E-state index in [0.717, 1.165) is 35.1 Å². The van der Waals surface area contributed by atoms with Gasteiger partial charge in [0.2, 0.25) is 11.8 Å². The number of carbonyl (C=O) groups is 4. The van der Waals surface area contributed by atoms with E-state index in [1.165, 1.54) is 0 Å². The Hall–Kier alpha value is -4.08. The van der Waals surface area contributed by atoms with Crippen molar-refractivity contribution in [3.8, 4) is 5.75 Å². The average molecular weight is 598 g/mol. The molecule has 0 heterocycles. The summed E-state index contributed by atoms with van der Waals surface area (Å²) in [5.41, 5.74) is 2.67. The zero-order valence-corrected chi connectivity index (χ0v) is 26.0. The van der Waals surface area contributed by atoms with Gasteiger partial charge in [0.1, 0.15) is 23.4 Å². The second-order valence-corrected chi connectivity index (χ2v) is 11.9. The fourth-order valence-corrected chi connectivity index (χ4v) is 4.77. The van der Waals surface area contributed by atoms with Crippen molar-refractivity contribution in [2.45, 2.75) is 104 Å². The van der Waals surface area contributed by atoms with Gasteiger partial charge in [-0.1, -0.05) is 43.2 Å². The molecule has 43 heavy (non-hydrogen) atoms. The molecule has 0 saturated carbocycles. The number of rotatable bonds is 16. The van der Waals surface area contributed by atoms with Gasteiger partial charge in [-0.25, -0.2) is 4.79 Å². The third-order valence-electron chi connectivity index (χ3n) is 6.90. The minimum atomic E-state index is -1.06. The molecule has 0 saturated heterocycles. The van der Waals surface area contributed by atoms with Crippen molar-refractivity contribution in [3.05, 3.63) is 64.7 Å². The number of phenols is 1. The van der Waals surface area contributed by atoms with E-state index in [1.54, 1.807) is 32.9 Å². The van der Waals surface area contributed by atoms with E-state index >= 15 is 0 Å². The summed E-state index contributed by atoms with van der Waals surface area (Å²) in [6.45, 7) is 9.21. The van der Waals surface area contributed by atoms with Crippen molar-refractivity contribution in [3.63, 3.8) is 0 Å². The van der Waals surface area contributed by atoms with Crippen LogP contribution in [0.5, 0.6) is 5.75 Å². The lowest BCUT2D eigenvalue weighted by Gasteiger charge is -2.26. The lowest BCUT2D eigenvalue weighted by atomic mass is 9.95. The maximum atomic E-state index is 13.7. The maximum Gasteiger partial charge on any atom is 0.408 e. The standard InChI is InChI=1S/C33H47N3O7/c1-22-19-25(37)20-23(2)26(22)21-28(36-32(42)43-33(3,4)5)31(41)35-27(16-10-7-11-17-29(38)39)30(40)34-18-12-15-24-13-8-6-9-14-24/h6,8-9,13-14,19-20,27-28,37H,7,10-12,15-18,21H2,1-5H3,(H,34,40)(H,35,41)(H,36,42)(H,38,39). The molecule has 0 aromatic heterocycles. The first kappa shape index (κ1) is 35.1. The Morgan fingerprint density at radius 2 is 1.51 bits per heavy atom. The number of phenolic OH excluding ortho intramolecular Hbond substituents is 1. The minimum Gasteiger partial charge on any atom is -0.508 e. The van der Waals surface area contributed by atoms with E-state index in [9.17, 15) is 24.3 Å². The summed E-state index contributed by atoms with van der Waals surface area (Å²) >= 11 is 0. The van der Waals surface area contributed by atoms with E-state index in [2.05, 4.69) is 16.0 Å². The van der Waals surface area contributed by atoms with Crippen LogP contribution in [0.15, 0.2) is 42.5 Å². The Labute approximate surface area is 254 Å². The monoisotopic (exact) mass is 597 g/mol. The average Bonchev–Trinajstić information content (AvgIpc) is 2.90. The SMILES string of the molecule is Cc1cc(O)cc(C)c1CC(NC(=O)OC(C)(C)C)C(=O)NC(CCCCCC(=O)O)C(=O)NCCCc1ccccc1. The summed E-state index contributed by atoms with van der Waals surface area (Å²) in [6, 6.07) is 11.2. The molecule has 2 atom stereocenters. The molecule has 2 rings (SSSR count). The molecule has 0 fully saturated rings.